The second-order valence-electron chi connectivity index (χ2n) is 4.26. The van der Waals surface area contributed by atoms with E-state index in [0.29, 0.717) is 6.54 Å². The van der Waals surface area contributed by atoms with Crippen LogP contribution >= 0.6 is 0 Å². The highest BCUT2D eigenvalue weighted by Gasteiger charge is 2.26. The van der Waals surface area contributed by atoms with Crippen LogP contribution in [0.3, 0.4) is 0 Å². The topological polar surface area (TPSA) is 53.4 Å². The summed E-state index contributed by atoms with van der Waals surface area (Å²) in [6.07, 6.45) is 1.72. The Bertz CT molecular complexity index is 338. The van der Waals surface area contributed by atoms with E-state index in [1.165, 1.54) is 0 Å². The van der Waals surface area contributed by atoms with E-state index in [9.17, 15) is 4.79 Å². The number of nitrogens with zero attached hydrogens (tertiary/aromatic N) is 2. The molecule has 0 bridgehead atoms. The van der Waals surface area contributed by atoms with Crippen molar-refractivity contribution in [2.75, 3.05) is 7.05 Å². The summed E-state index contributed by atoms with van der Waals surface area (Å²) in [7, 11) is 1.81. The summed E-state index contributed by atoms with van der Waals surface area (Å²) < 4.78 is 0. The van der Waals surface area contributed by atoms with Gasteiger partial charge >= 0.3 is 5.97 Å². The number of pyridine rings is 1. The Balaban J connectivity index is 2.70. The average Bonchev–Trinajstić information content (AvgIpc) is 2.17. The lowest BCUT2D eigenvalue weighted by Crippen LogP contribution is -2.42. The van der Waals surface area contributed by atoms with Gasteiger partial charge in [0, 0.05) is 12.7 Å². The molecule has 1 N–H and O–H groups in total. The van der Waals surface area contributed by atoms with Crippen LogP contribution in [0, 0.1) is 5.92 Å². The summed E-state index contributed by atoms with van der Waals surface area (Å²) in [5.74, 6) is -0.709. The molecule has 1 aromatic rings. The van der Waals surface area contributed by atoms with Crippen molar-refractivity contribution in [2.24, 2.45) is 5.92 Å². The third-order valence-corrected chi connectivity index (χ3v) is 2.50. The van der Waals surface area contributed by atoms with E-state index in [4.69, 9.17) is 5.11 Å². The van der Waals surface area contributed by atoms with Crippen molar-refractivity contribution in [1.82, 2.24) is 9.88 Å². The smallest absolute Gasteiger partial charge is 0.321 e. The zero-order chi connectivity index (χ0) is 12.1. The van der Waals surface area contributed by atoms with E-state index in [-0.39, 0.29) is 5.92 Å². The third-order valence-electron chi connectivity index (χ3n) is 2.50. The average molecular weight is 222 g/mol. The standard InChI is InChI=1S/C12H18N2O2/c1-9(2)11(12(15)16)14(3)8-10-6-4-5-7-13-10/h4-7,9,11H,8H2,1-3H3,(H,15,16). The van der Waals surface area contributed by atoms with Crippen LogP contribution < -0.4 is 0 Å². The quantitative estimate of drug-likeness (QED) is 0.822. The van der Waals surface area contributed by atoms with Gasteiger partial charge in [0.2, 0.25) is 0 Å². The molecule has 1 aromatic heterocycles. The predicted octanol–water partition coefficient (Wildman–Crippen LogP) is 1.62. The molecule has 0 radical (unpaired) electrons. The summed E-state index contributed by atoms with van der Waals surface area (Å²) >= 11 is 0. The summed E-state index contributed by atoms with van der Waals surface area (Å²) in [5.41, 5.74) is 0.886. The van der Waals surface area contributed by atoms with Crippen LogP contribution in [0.15, 0.2) is 24.4 Å². The molecule has 1 rings (SSSR count). The predicted molar refractivity (Wildman–Crippen MR) is 62.0 cm³/mol. The molecule has 0 fully saturated rings. The fraction of sp³-hybridized carbons (Fsp3) is 0.500. The van der Waals surface area contributed by atoms with Gasteiger partial charge in [0.25, 0.3) is 0 Å². The zero-order valence-corrected chi connectivity index (χ0v) is 9.92. The maximum absolute atomic E-state index is 11.1. The molecule has 4 nitrogen and oxygen atoms in total. The van der Waals surface area contributed by atoms with Gasteiger partial charge in [0.1, 0.15) is 6.04 Å². The molecule has 0 amide bonds. The highest BCUT2D eigenvalue weighted by molar-refractivity contribution is 5.73. The number of carboxylic acids is 1. The van der Waals surface area contributed by atoms with Gasteiger partial charge in [-0.25, -0.2) is 0 Å². The van der Waals surface area contributed by atoms with Crippen LogP contribution in [0.5, 0.6) is 0 Å². The molecule has 0 aliphatic rings. The summed E-state index contributed by atoms with van der Waals surface area (Å²) in [6.45, 7) is 4.37. The van der Waals surface area contributed by atoms with Crippen LogP contribution in [0.4, 0.5) is 0 Å². The van der Waals surface area contributed by atoms with E-state index in [1.807, 2.05) is 44.0 Å². The van der Waals surface area contributed by atoms with Crippen LogP contribution in [-0.2, 0) is 11.3 Å². The lowest BCUT2D eigenvalue weighted by molar-refractivity contribution is -0.144. The molecule has 1 atom stereocenters. The van der Waals surface area contributed by atoms with Gasteiger partial charge < -0.3 is 5.11 Å². The van der Waals surface area contributed by atoms with Crippen LogP contribution in [0.1, 0.15) is 19.5 Å². The van der Waals surface area contributed by atoms with Crippen LogP contribution in [0.25, 0.3) is 0 Å². The zero-order valence-electron chi connectivity index (χ0n) is 9.92. The third kappa shape index (κ3) is 3.31. The largest absolute Gasteiger partial charge is 0.480 e. The van der Waals surface area contributed by atoms with Crippen molar-refractivity contribution in [3.05, 3.63) is 30.1 Å². The highest BCUT2D eigenvalue weighted by Crippen LogP contribution is 2.12. The minimum atomic E-state index is -0.784. The minimum Gasteiger partial charge on any atom is -0.480 e. The first-order valence-corrected chi connectivity index (χ1v) is 5.35. The number of carboxylic acid groups (broad SMARTS) is 1. The van der Waals surface area contributed by atoms with E-state index < -0.39 is 12.0 Å². The van der Waals surface area contributed by atoms with E-state index in [1.54, 1.807) is 6.20 Å². The van der Waals surface area contributed by atoms with Crippen molar-refractivity contribution in [3.8, 4) is 0 Å². The first-order valence-electron chi connectivity index (χ1n) is 5.35. The van der Waals surface area contributed by atoms with Crippen molar-refractivity contribution in [1.29, 1.82) is 0 Å². The Morgan fingerprint density at radius 3 is 2.62 bits per heavy atom. The van der Waals surface area contributed by atoms with Gasteiger partial charge in [-0.1, -0.05) is 19.9 Å². The first-order chi connectivity index (χ1) is 7.52. The van der Waals surface area contributed by atoms with Crippen molar-refractivity contribution >= 4 is 5.97 Å². The SMILES string of the molecule is CC(C)C(C(=O)O)N(C)Cc1ccccn1. The number of hydrogen-bond acceptors (Lipinski definition) is 3. The van der Waals surface area contributed by atoms with Crippen molar-refractivity contribution in [2.45, 2.75) is 26.4 Å². The lowest BCUT2D eigenvalue weighted by atomic mass is 10.0. The summed E-state index contributed by atoms with van der Waals surface area (Å²) in [5, 5.41) is 9.13. The van der Waals surface area contributed by atoms with Crippen molar-refractivity contribution in [3.63, 3.8) is 0 Å². The molecule has 0 saturated heterocycles. The second-order valence-corrected chi connectivity index (χ2v) is 4.26. The number of aliphatic carboxylic acids is 1. The van der Waals surface area contributed by atoms with Gasteiger partial charge in [-0.2, -0.15) is 0 Å². The molecule has 1 unspecified atom stereocenters. The van der Waals surface area contributed by atoms with Gasteiger partial charge in [-0.3, -0.25) is 14.7 Å². The van der Waals surface area contributed by atoms with Gasteiger partial charge in [-0.05, 0) is 25.1 Å². The van der Waals surface area contributed by atoms with Crippen molar-refractivity contribution < 1.29 is 9.90 Å². The molecule has 0 aliphatic heterocycles. The molecule has 1 heterocycles. The maximum Gasteiger partial charge on any atom is 0.321 e. The second kappa shape index (κ2) is 5.61. The minimum absolute atomic E-state index is 0.0752. The van der Waals surface area contributed by atoms with Crippen LogP contribution in [-0.4, -0.2) is 34.0 Å². The van der Waals surface area contributed by atoms with Crippen LogP contribution in [0.2, 0.25) is 0 Å². The number of rotatable bonds is 5. The van der Waals surface area contributed by atoms with E-state index in [2.05, 4.69) is 4.98 Å². The number of aromatic nitrogens is 1. The van der Waals surface area contributed by atoms with Gasteiger partial charge in [-0.15, -0.1) is 0 Å². The Kier molecular flexibility index (Phi) is 4.43. The molecule has 0 saturated carbocycles. The molecule has 16 heavy (non-hydrogen) atoms. The highest BCUT2D eigenvalue weighted by atomic mass is 16.4. The lowest BCUT2D eigenvalue weighted by Gasteiger charge is -2.27. The number of carbonyl (C=O) groups is 1. The molecular weight excluding hydrogens is 204 g/mol. The number of hydrogen-bond donors (Lipinski definition) is 1. The first kappa shape index (κ1) is 12.6. The molecule has 0 aliphatic carbocycles. The number of likely N-dealkylation sites (N-methyl/N-ethyl adjacent to an activating group) is 1. The monoisotopic (exact) mass is 222 g/mol. The Morgan fingerprint density at radius 1 is 1.50 bits per heavy atom. The van der Waals surface area contributed by atoms with Gasteiger partial charge in [0.05, 0.1) is 5.69 Å². The Morgan fingerprint density at radius 2 is 2.19 bits per heavy atom. The normalized spacial score (nSPS) is 13.1. The van der Waals surface area contributed by atoms with E-state index in [0.717, 1.165) is 5.69 Å². The Labute approximate surface area is 95.9 Å². The molecular formula is C12H18N2O2. The molecule has 88 valence electrons. The fourth-order valence-electron chi connectivity index (χ4n) is 1.83. The Hall–Kier alpha value is -1.42. The summed E-state index contributed by atoms with van der Waals surface area (Å²) in [6, 6.07) is 5.18. The van der Waals surface area contributed by atoms with E-state index >= 15 is 0 Å². The molecule has 0 spiro atoms. The fourth-order valence-corrected chi connectivity index (χ4v) is 1.83. The molecule has 4 heteroatoms. The molecule has 0 aromatic carbocycles. The maximum atomic E-state index is 11.1. The van der Waals surface area contributed by atoms with Gasteiger partial charge in [0.15, 0.2) is 0 Å². The summed E-state index contributed by atoms with van der Waals surface area (Å²) in [4.78, 5) is 17.1.